The Morgan fingerprint density at radius 3 is 2.34 bits per heavy atom. The van der Waals surface area contributed by atoms with Crippen LogP contribution in [0.4, 0.5) is 13.6 Å². The highest BCUT2D eigenvalue weighted by molar-refractivity contribution is 6.04. The number of carboxylic acids is 1. The average Bonchev–Trinajstić information content (AvgIpc) is 3.21. The molecule has 7 nitrogen and oxygen atoms in total. The Kier molecular flexibility index (Phi) is 7.13. The molecule has 0 radical (unpaired) electrons. The summed E-state index contributed by atoms with van der Waals surface area (Å²) in [6.45, 7) is 5.53. The van der Waals surface area contributed by atoms with Crippen LogP contribution in [0.1, 0.15) is 41.9 Å². The first-order valence-corrected chi connectivity index (χ1v) is 12.0. The van der Waals surface area contributed by atoms with Crippen molar-refractivity contribution in [1.29, 1.82) is 0 Å². The molecule has 4 rings (SSSR count). The van der Waals surface area contributed by atoms with Gasteiger partial charge in [-0.3, -0.25) is 0 Å². The van der Waals surface area contributed by atoms with Gasteiger partial charge in [0.2, 0.25) is 0 Å². The minimum Gasteiger partial charge on any atom is -0.507 e. The number of fused-ring (bicyclic) bond motifs is 1. The summed E-state index contributed by atoms with van der Waals surface area (Å²) in [5, 5.41) is 23.1. The van der Waals surface area contributed by atoms with E-state index in [4.69, 9.17) is 4.74 Å². The Balaban J connectivity index is 2.08. The predicted octanol–water partition coefficient (Wildman–Crippen LogP) is 6.31. The Bertz CT molecular complexity index is 1540. The van der Waals surface area contributed by atoms with Crippen molar-refractivity contribution < 1.29 is 33.3 Å². The third kappa shape index (κ3) is 4.91. The van der Waals surface area contributed by atoms with Gasteiger partial charge < -0.3 is 24.8 Å². The molecule has 1 amide bonds. The number of amides is 1. The van der Waals surface area contributed by atoms with E-state index < -0.39 is 29.1 Å². The van der Waals surface area contributed by atoms with E-state index in [1.54, 1.807) is 35.8 Å². The molecule has 1 heterocycles. The fraction of sp³-hybridized carbons (Fsp3) is 0.241. The number of phenolic OH excluding ortho intramolecular Hbond substituents is 1. The molecule has 0 saturated carbocycles. The highest BCUT2D eigenvalue weighted by Gasteiger charge is 2.33. The highest BCUT2D eigenvalue weighted by atomic mass is 19.1. The molecule has 0 saturated heterocycles. The summed E-state index contributed by atoms with van der Waals surface area (Å²) in [6.07, 6.45) is -0.236. The molecule has 0 bridgehead atoms. The van der Waals surface area contributed by atoms with E-state index in [1.165, 1.54) is 31.3 Å². The zero-order valence-corrected chi connectivity index (χ0v) is 21.4. The number of carbonyl (C=O) groups excluding carboxylic acids is 1. The maximum absolute atomic E-state index is 14.7. The molecule has 0 spiro atoms. The van der Waals surface area contributed by atoms with Crippen molar-refractivity contribution >= 4 is 23.0 Å². The van der Waals surface area contributed by atoms with Crippen molar-refractivity contribution in [3.8, 4) is 22.6 Å². The quantitative estimate of drug-likeness (QED) is 0.264. The molecule has 0 aliphatic carbocycles. The predicted molar refractivity (Wildman–Crippen MR) is 140 cm³/mol. The van der Waals surface area contributed by atoms with Crippen LogP contribution in [0, 0.1) is 18.6 Å². The largest absolute Gasteiger partial charge is 0.507 e. The number of aryl methyl sites for hydroxylation is 1. The molecule has 4 aromatic rings. The zero-order valence-electron chi connectivity index (χ0n) is 21.4. The minimum absolute atomic E-state index is 0.0639. The maximum Gasteiger partial charge on any atom is 0.406 e. The number of benzene rings is 3. The van der Waals surface area contributed by atoms with Gasteiger partial charge >= 0.3 is 12.1 Å². The Morgan fingerprint density at radius 2 is 1.74 bits per heavy atom. The number of nitrogens with one attached hydrogen (secondary N) is 1. The number of carbonyl (C=O) groups is 2. The number of phenols is 1. The summed E-state index contributed by atoms with van der Waals surface area (Å²) in [5.74, 6) is -2.44. The summed E-state index contributed by atoms with van der Waals surface area (Å²) in [7, 11) is 1.46. The second kappa shape index (κ2) is 10.2. The summed E-state index contributed by atoms with van der Waals surface area (Å²) < 4.78 is 35.9. The molecule has 3 aromatic carbocycles. The van der Waals surface area contributed by atoms with Crippen LogP contribution < -0.4 is 5.32 Å². The third-order valence-corrected chi connectivity index (χ3v) is 6.64. The Labute approximate surface area is 218 Å². The van der Waals surface area contributed by atoms with Crippen molar-refractivity contribution in [2.45, 2.75) is 32.6 Å². The smallest absolute Gasteiger partial charge is 0.406 e. The van der Waals surface area contributed by atoms with Crippen molar-refractivity contribution in [3.05, 3.63) is 83.1 Å². The molecule has 38 heavy (non-hydrogen) atoms. The van der Waals surface area contributed by atoms with Gasteiger partial charge in [-0.1, -0.05) is 26.0 Å². The van der Waals surface area contributed by atoms with Gasteiger partial charge in [0.25, 0.3) is 0 Å². The number of aromatic hydroxyl groups is 1. The van der Waals surface area contributed by atoms with Gasteiger partial charge in [-0.05, 0) is 60.9 Å². The Hall–Kier alpha value is -4.40. The number of aromatic carboxylic acids is 1. The minimum atomic E-state index is -1.09. The van der Waals surface area contributed by atoms with Gasteiger partial charge in [0, 0.05) is 35.5 Å². The zero-order chi connectivity index (χ0) is 27.8. The lowest BCUT2D eigenvalue weighted by Crippen LogP contribution is -2.27. The number of hydrogen-bond acceptors (Lipinski definition) is 4. The van der Waals surface area contributed by atoms with Crippen LogP contribution in [0.15, 0.2) is 54.6 Å². The summed E-state index contributed by atoms with van der Waals surface area (Å²) in [4.78, 5) is 23.2. The highest BCUT2D eigenvalue weighted by Crippen LogP contribution is 2.47. The fourth-order valence-corrected chi connectivity index (χ4v) is 4.69. The van der Waals surface area contributed by atoms with Gasteiger partial charge in [0.05, 0.1) is 23.1 Å². The van der Waals surface area contributed by atoms with E-state index in [9.17, 15) is 28.6 Å². The lowest BCUT2D eigenvalue weighted by atomic mass is 9.81. The number of hydrogen-bond donors (Lipinski definition) is 3. The number of alkyl carbamates (subject to hydrolysis) is 1. The van der Waals surface area contributed by atoms with Crippen LogP contribution in [0.25, 0.3) is 27.7 Å². The Morgan fingerprint density at radius 1 is 1.05 bits per heavy atom. The van der Waals surface area contributed by atoms with Gasteiger partial charge in [0.15, 0.2) is 0 Å². The van der Waals surface area contributed by atoms with Crippen LogP contribution >= 0.6 is 0 Å². The normalized spacial score (nSPS) is 11.5. The molecule has 0 aliphatic rings. The van der Waals surface area contributed by atoms with E-state index in [2.05, 4.69) is 5.32 Å². The van der Waals surface area contributed by atoms with E-state index in [-0.39, 0.29) is 17.9 Å². The second-order valence-corrected chi connectivity index (χ2v) is 9.71. The van der Waals surface area contributed by atoms with Crippen LogP contribution in [0.3, 0.4) is 0 Å². The van der Waals surface area contributed by atoms with Crippen molar-refractivity contribution in [2.24, 2.45) is 0 Å². The number of carboxylic acid groups (broad SMARTS) is 1. The fourth-order valence-electron chi connectivity index (χ4n) is 4.69. The average molecular weight is 523 g/mol. The molecule has 0 unspecified atom stereocenters. The molecule has 1 aromatic heterocycles. The standard InChI is InChI=1S/C29H28F2N2O5/c1-16-13-20(9-10-21(16)31)33-22-14-19(30)15-23(34)25(22)24(17-5-7-18(8-6-17)27(35)36)26(33)29(2,3)11-12-38-28(37)32-4/h5-10,13-15,34H,11-12H2,1-4H3,(H,32,37)(H,35,36). The number of nitrogens with zero attached hydrogens (tertiary/aromatic N) is 1. The molecular weight excluding hydrogens is 494 g/mol. The second-order valence-electron chi connectivity index (χ2n) is 9.71. The number of rotatable bonds is 7. The summed E-state index contributed by atoms with van der Waals surface area (Å²) in [6, 6.07) is 13.0. The lowest BCUT2D eigenvalue weighted by molar-refractivity contribution is 0.0696. The van der Waals surface area contributed by atoms with Crippen LogP contribution in [-0.2, 0) is 10.2 Å². The third-order valence-electron chi connectivity index (χ3n) is 6.64. The number of ether oxygens (including phenoxy) is 1. The van der Waals surface area contributed by atoms with Crippen LogP contribution in [0.5, 0.6) is 5.75 Å². The maximum atomic E-state index is 14.7. The molecular formula is C29H28F2N2O5. The topological polar surface area (TPSA) is 101 Å². The van der Waals surface area contributed by atoms with Crippen molar-refractivity contribution in [1.82, 2.24) is 9.88 Å². The SMILES string of the molecule is CNC(=O)OCCC(C)(C)c1c(-c2ccc(C(=O)O)cc2)c2c(O)cc(F)cc2n1-c1ccc(F)c(C)c1. The van der Waals surface area contributed by atoms with E-state index in [0.717, 1.165) is 6.07 Å². The van der Waals surface area contributed by atoms with Gasteiger partial charge in [-0.15, -0.1) is 0 Å². The van der Waals surface area contributed by atoms with E-state index in [1.807, 2.05) is 13.8 Å². The number of aromatic nitrogens is 1. The van der Waals surface area contributed by atoms with Crippen molar-refractivity contribution in [2.75, 3.05) is 13.7 Å². The monoisotopic (exact) mass is 522 g/mol. The van der Waals surface area contributed by atoms with Crippen LogP contribution in [0.2, 0.25) is 0 Å². The van der Waals surface area contributed by atoms with Crippen molar-refractivity contribution in [3.63, 3.8) is 0 Å². The van der Waals surface area contributed by atoms with E-state index >= 15 is 0 Å². The molecule has 3 N–H and O–H groups in total. The van der Waals surface area contributed by atoms with Gasteiger partial charge in [-0.2, -0.15) is 0 Å². The summed E-state index contributed by atoms with van der Waals surface area (Å²) in [5.41, 5.74) is 2.41. The van der Waals surface area contributed by atoms with E-state index in [0.29, 0.717) is 45.4 Å². The van der Waals surface area contributed by atoms with Gasteiger partial charge in [-0.25, -0.2) is 18.4 Å². The van der Waals surface area contributed by atoms with Gasteiger partial charge in [0.1, 0.15) is 17.4 Å². The first kappa shape index (κ1) is 26.7. The lowest BCUT2D eigenvalue weighted by Gasteiger charge is -2.29. The molecule has 0 atom stereocenters. The van der Waals surface area contributed by atoms with Crippen LogP contribution in [-0.4, -0.2) is 40.5 Å². The first-order chi connectivity index (χ1) is 17.9. The molecule has 0 fully saturated rings. The number of halogens is 2. The first-order valence-electron chi connectivity index (χ1n) is 12.0. The molecule has 9 heteroatoms. The molecule has 0 aliphatic heterocycles. The summed E-state index contributed by atoms with van der Waals surface area (Å²) >= 11 is 0. The molecule has 198 valence electrons.